The maximum atomic E-state index is 11.3. The average molecular weight is 313 g/mol. The Morgan fingerprint density at radius 2 is 2.28 bits per heavy atom. The lowest BCUT2D eigenvalue weighted by molar-refractivity contribution is -0.386. The molecule has 0 saturated heterocycles. The zero-order valence-electron chi connectivity index (χ0n) is 9.47. The molecule has 0 saturated carbocycles. The molecule has 7 heteroatoms. The summed E-state index contributed by atoms with van der Waals surface area (Å²) in [7, 11) is 0. The highest BCUT2D eigenvalue weighted by Crippen LogP contribution is 2.32. The van der Waals surface area contributed by atoms with E-state index < -0.39 is 10.9 Å². The second kappa shape index (κ2) is 6.12. The summed E-state index contributed by atoms with van der Waals surface area (Å²) in [4.78, 5) is 21.7. The van der Waals surface area contributed by atoms with Crippen LogP contribution in [0.15, 0.2) is 16.6 Å². The Morgan fingerprint density at radius 1 is 1.61 bits per heavy atom. The van der Waals surface area contributed by atoms with E-state index in [1.807, 2.05) is 6.07 Å². The van der Waals surface area contributed by atoms with Crippen molar-refractivity contribution in [1.82, 2.24) is 0 Å². The maximum absolute atomic E-state index is 11.3. The summed E-state index contributed by atoms with van der Waals surface area (Å²) in [5.41, 5.74) is 0.0840. The number of rotatable bonds is 4. The standard InChI is InChI=1S/C11H9BrN2O4/c1-2-18-9(15)5-7-3-4-8(6-13)10(12)11(7)14(16)17/h3-4H,2,5H2,1H3. The van der Waals surface area contributed by atoms with Crippen molar-refractivity contribution in [1.29, 1.82) is 5.26 Å². The summed E-state index contributed by atoms with van der Waals surface area (Å²) in [6.07, 6.45) is -0.200. The van der Waals surface area contributed by atoms with Crippen LogP contribution in [-0.2, 0) is 16.0 Å². The maximum Gasteiger partial charge on any atom is 0.310 e. The summed E-state index contributed by atoms with van der Waals surface area (Å²) in [6, 6.07) is 4.64. The first-order valence-corrected chi connectivity index (χ1v) is 5.82. The third-order valence-corrected chi connectivity index (χ3v) is 2.95. The number of nitriles is 1. The number of ether oxygens (including phenoxy) is 1. The monoisotopic (exact) mass is 312 g/mol. The van der Waals surface area contributed by atoms with Crippen LogP contribution in [0.5, 0.6) is 0 Å². The van der Waals surface area contributed by atoms with Crippen LogP contribution in [0.1, 0.15) is 18.1 Å². The molecular weight excluding hydrogens is 304 g/mol. The zero-order chi connectivity index (χ0) is 13.7. The normalized spacial score (nSPS) is 9.61. The van der Waals surface area contributed by atoms with Gasteiger partial charge in [0.2, 0.25) is 0 Å². The third-order valence-electron chi connectivity index (χ3n) is 2.14. The molecule has 0 heterocycles. The number of hydrogen-bond acceptors (Lipinski definition) is 5. The first kappa shape index (κ1) is 14.1. The van der Waals surface area contributed by atoms with Gasteiger partial charge in [0.1, 0.15) is 10.5 Å². The number of carbonyl (C=O) groups is 1. The number of benzene rings is 1. The topological polar surface area (TPSA) is 93.2 Å². The molecule has 1 aromatic carbocycles. The molecule has 0 atom stereocenters. The van der Waals surface area contributed by atoms with E-state index in [9.17, 15) is 14.9 Å². The molecule has 0 radical (unpaired) electrons. The summed E-state index contributed by atoms with van der Waals surface area (Å²) >= 11 is 3.01. The Hall–Kier alpha value is -1.94. The largest absolute Gasteiger partial charge is 0.466 e. The van der Waals surface area contributed by atoms with E-state index in [1.165, 1.54) is 12.1 Å². The van der Waals surface area contributed by atoms with Gasteiger partial charge in [0.25, 0.3) is 5.69 Å². The van der Waals surface area contributed by atoms with E-state index in [-0.39, 0.29) is 34.3 Å². The van der Waals surface area contributed by atoms with Gasteiger partial charge in [-0.1, -0.05) is 6.07 Å². The number of esters is 1. The van der Waals surface area contributed by atoms with E-state index in [0.29, 0.717) is 0 Å². The zero-order valence-corrected chi connectivity index (χ0v) is 11.1. The van der Waals surface area contributed by atoms with Crippen molar-refractivity contribution in [2.24, 2.45) is 0 Å². The minimum absolute atomic E-state index is 0.0804. The van der Waals surface area contributed by atoms with E-state index in [2.05, 4.69) is 15.9 Å². The number of carbonyl (C=O) groups excluding carboxylic acids is 1. The minimum atomic E-state index is -0.626. The van der Waals surface area contributed by atoms with Gasteiger partial charge in [-0.2, -0.15) is 5.26 Å². The van der Waals surface area contributed by atoms with Crippen LogP contribution in [0, 0.1) is 21.4 Å². The predicted octanol–water partition coefficient (Wildman–Crippen LogP) is 2.33. The molecule has 0 N–H and O–H groups in total. The van der Waals surface area contributed by atoms with Gasteiger partial charge in [-0.05, 0) is 28.9 Å². The molecule has 0 unspecified atom stereocenters. The Bertz CT molecular complexity index is 537. The molecule has 0 aliphatic heterocycles. The predicted molar refractivity (Wildman–Crippen MR) is 65.8 cm³/mol. The van der Waals surface area contributed by atoms with Gasteiger partial charge in [-0.3, -0.25) is 14.9 Å². The van der Waals surface area contributed by atoms with Gasteiger partial charge in [0.05, 0.1) is 23.5 Å². The van der Waals surface area contributed by atoms with Gasteiger partial charge < -0.3 is 4.74 Å². The van der Waals surface area contributed by atoms with Crippen molar-refractivity contribution in [3.05, 3.63) is 37.8 Å². The lowest BCUT2D eigenvalue weighted by atomic mass is 10.1. The van der Waals surface area contributed by atoms with Crippen molar-refractivity contribution in [3.8, 4) is 6.07 Å². The summed E-state index contributed by atoms with van der Waals surface area (Å²) in [6.45, 7) is 1.87. The quantitative estimate of drug-likeness (QED) is 0.483. The molecule has 0 aliphatic carbocycles. The number of nitro groups is 1. The van der Waals surface area contributed by atoms with E-state index in [1.54, 1.807) is 6.92 Å². The SMILES string of the molecule is CCOC(=O)Cc1ccc(C#N)c(Br)c1[N+](=O)[O-]. The fourth-order valence-corrected chi connectivity index (χ4v) is 2.02. The van der Waals surface area contributed by atoms with E-state index in [4.69, 9.17) is 10.00 Å². The Labute approximate surface area is 111 Å². The molecule has 0 aliphatic rings. The Kier molecular flexibility index (Phi) is 4.80. The van der Waals surface area contributed by atoms with Gasteiger partial charge >= 0.3 is 5.97 Å². The molecule has 0 amide bonds. The molecular formula is C11H9BrN2O4. The smallest absolute Gasteiger partial charge is 0.310 e. The summed E-state index contributed by atoms with van der Waals surface area (Å²) < 4.78 is 4.82. The number of nitro benzene ring substituents is 1. The molecule has 0 aromatic heterocycles. The van der Waals surface area contributed by atoms with Crippen molar-refractivity contribution >= 4 is 27.6 Å². The highest BCUT2D eigenvalue weighted by Gasteiger charge is 2.23. The van der Waals surface area contributed by atoms with E-state index >= 15 is 0 Å². The molecule has 1 rings (SSSR count). The van der Waals surface area contributed by atoms with E-state index in [0.717, 1.165) is 0 Å². The second-order valence-electron chi connectivity index (χ2n) is 3.29. The molecule has 0 fully saturated rings. The van der Waals surface area contributed by atoms with Crippen LogP contribution in [0.2, 0.25) is 0 Å². The first-order chi connectivity index (χ1) is 8.51. The lowest BCUT2D eigenvalue weighted by Crippen LogP contribution is -2.09. The van der Waals surface area contributed by atoms with Crippen LogP contribution in [-0.4, -0.2) is 17.5 Å². The van der Waals surface area contributed by atoms with Crippen LogP contribution in [0.3, 0.4) is 0 Å². The van der Waals surface area contributed by atoms with Crippen LogP contribution in [0.4, 0.5) is 5.69 Å². The highest BCUT2D eigenvalue weighted by molar-refractivity contribution is 9.10. The van der Waals surface area contributed by atoms with Crippen LogP contribution in [0.25, 0.3) is 0 Å². The number of hydrogen-bond donors (Lipinski definition) is 0. The third kappa shape index (κ3) is 3.05. The van der Waals surface area contributed by atoms with Crippen molar-refractivity contribution in [2.75, 3.05) is 6.61 Å². The summed E-state index contributed by atoms with van der Waals surface area (Å²) in [5, 5.41) is 19.8. The van der Waals surface area contributed by atoms with Gasteiger partial charge in [-0.15, -0.1) is 0 Å². The van der Waals surface area contributed by atoms with Crippen LogP contribution >= 0.6 is 15.9 Å². The van der Waals surface area contributed by atoms with Gasteiger partial charge in [0.15, 0.2) is 0 Å². The molecule has 0 bridgehead atoms. The Balaban J connectivity index is 3.21. The fourth-order valence-electron chi connectivity index (χ4n) is 1.40. The Morgan fingerprint density at radius 3 is 2.78 bits per heavy atom. The van der Waals surface area contributed by atoms with Gasteiger partial charge in [0, 0.05) is 5.56 Å². The minimum Gasteiger partial charge on any atom is -0.466 e. The second-order valence-corrected chi connectivity index (χ2v) is 4.08. The number of halogens is 1. The van der Waals surface area contributed by atoms with Crippen molar-refractivity contribution in [3.63, 3.8) is 0 Å². The molecule has 6 nitrogen and oxygen atoms in total. The lowest BCUT2D eigenvalue weighted by Gasteiger charge is -2.05. The average Bonchev–Trinajstić information content (AvgIpc) is 2.29. The summed E-state index contributed by atoms with van der Waals surface area (Å²) in [5.74, 6) is -0.544. The van der Waals surface area contributed by atoms with Crippen LogP contribution < -0.4 is 0 Å². The van der Waals surface area contributed by atoms with Gasteiger partial charge in [-0.25, -0.2) is 0 Å². The van der Waals surface area contributed by atoms with Crippen molar-refractivity contribution < 1.29 is 14.5 Å². The van der Waals surface area contributed by atoms with Crippen molar-refractivity contribution in [2.45, 2.75) is 13.3 Å². The molecule has 18 heavy (non-hydrogen) atoms. The molecule has 94 valence electrons. The highest BCUT2D eigenvalue weighted by atomic mass is 79.9. The molecule has 1 aromatic rings. The number of nitrogens with zero attached hydrogens (tertiary/aromatic N) is 2. The molecule has 0 spiro atoms. The first-order valence-electron chi connectivity index (χ1n) is 5.02. The fraction of sp³-hybridized carbons (Fsp3) is 0.273.